The number of nitrogens with one attached hydrogen (secondary N) is 6. The lowest BCUT2D eigenvalue weighted by Crippen LogP contribution is -2.29. The van der Waals surface area contributed by atoms with Crippen LogP contribution in [-0.4, -0.2) is 147 Å². The van der Waals surface area contributed by atoms with Gasteiger partial charge in [0, 0.05) is 62.3 Å². The first-order valence-corrected chi connectivity index (χ1v) is 19.8. The number of rotatable bonds is 0. The minimum absolute atomic E-state index is 0.143. The van der Waals surface area contributed by atoms with Gasteiger partial charge < -0.3 is 42.1 Å². The van der Waals surface area contributed by atoms with E-state index in [4.69, 9.17) is 0 Å². The summed E-state index contributed by atoms with van der Waals surface area (Å²) in [7, 11) is 0. The summed E-state index contributed by atoms with van der Waals surface area (Å²) in [4.78, 5) is 0. The molecule has 0 amide bonds. The molecule has 0 spiro atoms. The summed E-state index contributed by atoms with van der Waals surface area (Å²) in [5.41, 5.74) is 0. The van der Waals surface area contributed by atoms with Crippen LogP contribution in [0.4, 0.5) is 0 Å². The van der Waals surface area contributed by atoms with Crippen LogP contribution in [0.3, 0.4) is 0 Å². The fourth-order valence-electron chi connectivity index (χ4n) is 3.80. The second-order valence-electron chi connectivity index (χ2n) is 9.88. The highest BCUT2D eigenvalue weighted by molar-refractivity contribution is 8.01. The molecule has 0 bridgehead atoms. The van der Waals surface area contributed by atoms with Gasteiger partial charge in [-0.25, -0.2) is 0 Å². The smallest absolute Gasteiger partial charge is 0.0720 e. The SMILES string of the molecule is C1CNCCCNCCCNC1.C1CNCCNCCN1.OC1CSCCCSCC(O)CSCCCSC1. The molecular weight excluding hydrogens is 569 g/mol. The maximum Gasteiger partial charge on any atom is 0.0720 e. The van der Waals surface area contributed by atoms with Gasteiger partial charge >= 0.3 is 0 Å². The first-order chi connectivity index (χ1) is 19.3. The number of hydrogen-bond donors (Lipinski definition) is 8. The van der Waals surface area contributed by atoms with Crippen molar-refractivity contribution in [3.63, 3.8) is 0 Å². The van der Waals surface area contributed by atoms with Gasteiger partial charge in [-0.3, -0.25) is 0 Å². The zero-order chi connectivity index (χ0) is 27.9. The maximum atomic E-state index is 9.77. The van der Waals surface area contributed by atoms with E-state index in [9.17, 15) is 10.2 Å². The standard InChI is InChI=1S/C12H24O2S4.C9H21N3.C6H15N3/c13-11-7-15-3-1-4-16-8-12(14)10-18-6-2-5-17-9-11;1-4-10-6-2-8-12-9-3-7-11-5-1;1-2-8-5-6-9-4-3-7-1/h11-14H,1-10H2;10-12H,1-9H2;7-9H,1-6H2. The van der Waals surface area contributed by atoms with E-state index in [0.29, 0.717) is 0 Å². The third-order valence-electron chi connectivity index (χ3n) is 5.95. The van der Waals surface area contributed by atoms with Crippen molar-refractivity contribution in [2.24, 2.45) is 0 Å². The van der Waals surface area contributed by atoms with Crippen LogP contribution in [-0.2, 0) is 0 Å². The number of aliphatic hydroxyl groups excluding tert-OH is 2. The van der Waals surface area contributed by atoms with Gasteiger partial charge in [-0.05, 0) is 94.4 Å². The Morgan fingerprint density at radius 2 is 0.564 bits per heavy atom. The average molecular weight is 629 g/mol. The third kappa shape index (κ3) is 30.3. The predicted octanol–water partition coefficient (Wildman–Crippen LogP) is 1.14. The quantitative estimate of drug-likeness (QED) is 0.197. The highest BCUT2D eigenvalue weighted by Crippen LogP contribution is 2.16. The lowest BCUT2D eigenvalue weighted by atomic mass is 10.3. The minimum atomic E-state index is -0.143. The van der Waals surface area contributed by atoms with E-state index in [1.807, 2.05) is 47.0 Å². The van der Waals surface area contributed by atoms with Crippen LogP contribution in [0, 0.1) is 0 Å². The van der Waals surface area contributed by atoms with Crippen LogP contribution in [0.25, 0.3) is 0 Å². The third-order valence-corrected chi connectivity index (χ3v) is 10.7. The highest BCUT2D eigenvalue weighted by atomic mass is 32.2. The van der Waals surface area contributed by atoms with Gasteiger partial charge in [0.1, 0.15) is 0 Å². The molecule has 0 radical (unpaired) electrons. The Kier molecular flexibility index (Phi) is 31.3. The molecule has 234 valence electrons. The molecule has 0 aromatic carbocycles. The number of aliphatic hydroxyl groups is 2. The Morgan fingerprint density at radius 3 is 0.821 bits per heavy atom. The largest absolute Gasteiger partial charge is 0.391 e. The Bertz CT molecular complexity index is 384. The van der Waals surface area contributed by atoms with Crippen LogP contribution in [0.15, 0.2) is 0 Å². The summed E-state index contributed by atoms with van der Waals surface area (Å²) in [6.07, 6.45) is 5.84. The van der Waals surface area contributed by atoms with Gasteiger partial charge in [0.05, 0.1) is 12.2 Å². The van der Waals surface area contributed by atoms with Crippen LogP contribution >= 0.6 is 47.0 Å². The summed E-state index contributed by atoms with van der Waals surface area (Å²) in [6.45, 7) is 13.6. The molecular formula is C27H60N6O2S4. The number of hydrogen-bond acceptors (Lipinski definition) is 12. The molecule has 12 heteroatoms. The van der Waals surface area contributed by atoms with Gasteiger partial charge in [-0.15, -0.1) is 0 Å². The molecule has 0 aromatic rings. The molecule has 0 saturated carbocycles. The van der Waals surface area contributed by atoms with E-state index in [1.165, 1.54) is 32.1 Å². The first kappa shape index (κ1) is 38.1. The van der Waals surface area contributed by atoms with Crippen molar-refractivity contribution in [2.75, 3.05) is 125 Å². The molecule has 0 aliphatic carbocycles. The lowest BCUT2D eigenvalue weighted by Gasteiger charge is -2.12. The zero-order valence-electron chi connectivity index (χ0n) is 24.4. The molecule has 8 nitrogen and oxygen atoms in total. The fourth-order valence-corrected chi connectivity index (χ4v) is 8.08. The molecule has 3 saturated heterocycles. The van der Waals surface area contributed by atoms with Gasteiger partial charge in [-0.2, -0.15) is 47.0 Å². The van der Waals surface area contributed by atoms with E-state index < -0.39 is 0 Å². The molecule has 0 unspecified atom stereocenters. The first-order valence-electron chi connectivity index (χ1n) is 15.2. The predicted molar refractivity (Wildman–Crippen MR) is 182 cm³/mol. The van der Waals surface area contributed by atoms with Crippen LogP contribution in [0.2, 0.25) is 0 Å². The van der Waals surface area contributed by atoms with Gasteiger partial charge in [0.2, 0.25) is 0 Å². The van der Waals surface area contributed by atoms with E-state index >= 15 is 0 Å². The van der Waals surface area contributed by atoms with Crippen molar-refractivity contribution in [3.05, 3.63) is 0 Å². The van der Waals surface area contributed by atoms with Crippen LogP contribution in [0.1, 0.15) is 32.1 Å². The van der Waals surface area contributed by atoms with E-state index in [2.05, 4.69) is 31.9 Å². The highest BCUT2D eigenvalue weighted by Gasteiger charge is 2.07. The van der Waals surface area contributed by atoms with E-state index in [0.717, 1.165) is 125 Å². The molecule has 3 rings (SSSR count). The van der Waals surface area contributed by atoms with Crippen LogP contribution in [0.5, 0.6) is 0 Å². The summed E-state index contributed by atoms with van der Waals surface area (Å²) in [6, 6.07) is 0. The maximum absolute atomic E-state index is 9.77. The Labute approximate surface area is 257 Å². The molecule has 8 N–H and O–H groups in total. The van der Waals surface area contributed by atoms with Crippen molar-refractivity contribution in [1.29, 1.82) is 0 Å². The Hall–Kier alpha value is 1.08. The second kappa shape index (κ2) is 32.0. The summed E-state index contributed by atoms with van der Waals surface area (Å²) >= 11 is 7.42. The average Bonchev–Trinajstić information content (AvgIpc) is 3.09. The molecule has 0 aromatic heterocycles. The topological polar surface area (TPSA) is 113 Å². The molecule has 3 fully saturated rings. The molecule has 3 aliphatic heterocycles. The Morgan fingerprint density at radius 1 is 0.333 bits per heavy atom. The molecule has 3 aliphatic rings. The van der Waals surface area contributed by atoms with Gasteiger partial charge in [-0.1, -0.05) is 0 Å². The normalized spacial score (nSPS) is 27.2. The van der Waals surface area contributed by atoms with Crippen molar-refractivity contribution in [3.8, 4) is 0 Å². The van der Waals surface area contributed by atoms with Crippen LogP contribution < -0.4 is 31.9 Å². The fraction of sp³-hybridized carbons (Fsp3) is 1.00. The zero-order valence-corrected chi connectivity index (χ0v) is 27.6. The van der Waals surface area contributed by atoms with Gasteiger partial charge in [0.25, 0.3) is 0 Å². The van der Waals surface area contributed by atoms with Crippen molar-refractivity contribution in [2.45, 2.75) is 44.3 Å². The Balaban J connectivity index is 0.000000312. The minimum Gasteiger partial charge on any atom is -0.391 e. The molecule has 3 heterocycles. The van der Waals surface area contributed by atoms with Crippen molar-refractivity contribution >= 4 is 47.0 Å². The number of thioether (sulfide) groups is 4. The van der Waals surface area contributed by atoms with E-state index in [-0.39, 0.29) is 12.2 Å². The van der Waals surface area contributed by atoms with E-state index in [1.54, 1.807) is 0 Å². The lowest BCUT2D eigenvalue weighted by molar-refractivity contribution is 0.225. The van der Waals surface area contributed by atoms with Crippen molar-refractivity contribution < 1.29 is 10.2 Å². The summed E-state index contributed by atoms with van der Waals surface area (Å²) in [5, 5.41) is 39.7. The molecule has 39 heavy (non-hydrogen) atoms. The molecule has 0 atom stereocenters. The monoisotopic (exact) mass is 628 g/mol. The van der Waals surface area contributed by atoms with Crippen molar-refractivity contribution in [1.82, 2.24) is 31.9 Å². The summed E-state index contributed by atoms with van der Waals surface area (Å²) in [5.74, 6) is 7.98. The summed E-state index contributed by atoms with van der Waals surface area (Å²) < 4.78 is 0. The second-order valence-corrected chi connectivity index (χ2v) is 14.5. The van der Waals surface area contributed by atoms with Gasteiger partial charge in [0.15, 0.2) is 0 Å².